The van der Waals surface area contributed by atoms with Gasteiger partial charge in [-0.2, -0.15) is 13.2 Å². The number of alkyl halides is 3. The molecule has 0 atom stereocenters. The van der Waals surface area contributed by atoms with Gasteiger partial charge in [-0.1, -0.05) is 25.4 Å². The topological polar surface area (TPSA) is 77.6 Å². The van der Waals surface area contributed by atoms with Crippen molar-refractivity contribution < 1.29 is 22.8 Å². The summed E-state index contributed by atoms with van der Waals surface area (Å²) in [5, 5.41) is 5.36. The van der Waals surface area contributed by atoms with Gasteiger partial charge in [0.05, 0.1) is 10.6 Å². The number of hydrogen-bond donors (Lipinski definition) is 2. The molecule has 1 aliphatic heterocycles. The van der Waals surface area contributed by atoms with Gasteiger partial charge in [0.15, 0.2) is 0 Å². The number of pyridine rings is 1. The first kappa shape index (κ1) is 22.1. The fourth-order valence-electron chi connectivity index (χ4n) is 2.61. The highest BCUT2D eigenvalue weighted by Gasteiger charge is 2.32. The van der Waals surface area contributed by atoms with Crippen LogP contribution in [0.4, 0.5) is 23.8 Å². The molecule has 1 aromatic heterocycles. The van der Waals surface area contributed by atoms with Gasteiger partial charge in [-0.15, -0.1) is 0 Å². The van der Waals surface area contributed by atoms with Crippen molar-refractivity contribution in [3.63, 3.8) is 0 Å². The molecule has 1 aliphatic rings. The Morgan fingerprint density at radius 1 is 1.18 bits per heavy atom. The van der Waals surface area contributed by atoms with E-state index >= 15 is 0 Å². The zero-order valence-corrected chi connectivity index (χ0v) is 16.4. The summed E-state index contributed by atoms with van der Waals surface area (Å²) in [5.41, 5.74) is -0.899. The zero-order valence-electron chi connectivity index (χ0n) is 15.6. The minimum Gasteiger partial charge on any atom is -0.354 e. The number of anilines is 1. The van der Waals surface area contributed by atoms with Crippen LogP contribution < -0.4 is 15.5 Å². The number of hydrogen-bond acceptors (Lipinski definition) is 4. The lowest BCUT2D eigenvalue weighted by molar-refractivity contribution is -0.137. The Morgan fingerprint density at radius 2 is 1.79 bits per heavy atom. The van der Waals surface area contributed by atoms with Crippen molar-refractivity contribution in [1.82, 2.24) is 20.5 Å². The lowest BCUT2D eigenvalue weighted by Gasteiger charge is -2.35. The summed E-state index contributed by atoms with van der Waals surface area (Å²) in [6, 6.07) is 0.596. The molecule has 0 aromatic carbocycles. The van der Waals surface area contributed by atoms with Crippen molar-refractivity contribution in [2.24, 2.45) is 5.92 Å². The number of rotatable bonds is 5. The molecule has 2 N–H and O–H groups in total. The summed E-state index contributed by atoms with van der Waals surface area (Å²) in [5.74, 6) is 0.0734. The molecule has 2 rings (SSSR count). The van der Waals surface area contributed by atoms with Gasteiger partial charge >= 0.3 is 12.2 Å². The van der Waals surface area contributed by atoms with E-state index in [4.69, 9.17) is 11.6 Å². The molecule has 0 radical (unpaired) electrons. The number of nitrogens with one attached hydrogen (secondary N) is 2. The maximum Gasteiger partial charge on any atom is 0.417 e. The maximum atomic E-state index is 12.7. The van der Waals surface area contributed by atoms with Gasteiger partial charge < -0.3 is 20.4 Å². The van der Waals surface area contributed by atoms with E-state index in [-0.39, 0.29) is 28.7 Å². The first-order valence-corrected chi connectivity index (χ1v) is 9.25. The maximum absolute atomic E-state index is 12.7. The number of carbonyl (C=O) groups is 2. The highest BCUT2D eigenvalue weighted by molar-refractivity contribution is 6.33. The van der Waals surface area contributed by atoms with E-state index in [1.807, 2.05) is 0 Å². The number of amides is 3. The molecule has 1 aromatic rings. The summed E-state index contributed by atoms with van der Waals surface area (Å²) < 4.78 is 38.1. The van der Waals surface area contributed by atoms with Crippen LogP contribution in [-0.2, 0) is 11.0 Å². The summed E-state index contributed by atoms with van der Waals surface area (Å²) in [4.78, 5) is 30.8. The van der Waals surface area contributed by atoms with Crippen LogP contribution in [0.3, 0.4) is 0 Å². The minimum absolute atomic E-state index is 0.0754. The monoisotopic (exact) mass is 421 g/mol. The number of piperazine rings is 1. The highest BCUT2D eigenvalue weighted by atomic mass is 35.5. The van der Waals surface area contributed by atoms with Gasteiger partial charge in [0, 0.05) is 51.4 Å². The molecule has 156 valence electrons. The van der Waals surface area contributed by atoms with Crippen molar-refractivity contribution >= 4 is 29.4 Å². The number of halogens is 4. The lowest BCUT2D eigenvalue weighted by atomic mass is 10.2. The molecule has 7 nitrogen and oxygen atoms in total. The molecule has 0 unspecified atom stereocenters. The predicted octanol–water partition coefficient (Wildman–Crippen LogP) is 2.36. The van der Waals surface area contributed by atoms with Crippen LogP contribution in [0.1, 0.15) is 19.4 Å². The second kappa shape index (κ2) is 9.31. The number of carbonyl (C=O) groups excluding carboxylic acids is 2. The van der Waals surface area contributed by atoms with E-state index in [2.05, 4.69) is 15.6 Å². The third kappa shape index (κ3) is 5.88. The molecule has 11 heteroatoms. The lowest BCUT2D eigenvalue weighted by Crippen LogP contribution is -2.52. The van der Waals surface area contributed by atoms with E-state index in [9.17, 15) is 22.8 Å². The van der Waals surface area contributed by atoms with E-state index in [0.717, 1.165) is 12.3 Å². The predicted molar refractivity (Wildman–Crippen MR) is 99.3 cm³/mol. The van der Waals surface area contributed by atoms with Gasteiger partial charge in [0.2, 0.25) is 5.91 Å². The molecule has 1 fully saturated rings. The average Bonchev–Trinajstić information content (AvgIpc) is 2.64. The summed E-state index contributed by atoms with van der Waals surface area (Å²) in [6.07, 6.45) is -3.74. The minimum atomic E-state index is -4.50. The van der Waals surface area contributed by atoms with Crippen molar-refractivity contribution in [2.45, 2.75) is 20.0 Å². The van der Waals surface area contributed by atoms with Crippen molar-refractivity contribution in [3.05, 3.63) is 22.8 Å². The SMILES string of the molecule is CC(C)C(=O)NCCNC(=O)N1CCN(c2ncc(C(F)(F)F)cc2Cl)CC1. The molecule has 0 aliphatic carbocycles. The van der Waals surface area contributed by atoms with Gasteiger partial charge in [-0.25, -0.2) is 9.78 Å². The second-order valence-electron chi connectivity index (χ2n) is 6.68. The standard InChI is InChI=1S/C17H23ClF3N5O2/c1-11(2)15(27)22-3-4-23-16(28)26-7-5-25(6-8-26)14-13(18)9-12(10-24-14)17(19,20)21/h9-11H,3-8H2,1-2H3,(H,22,27)(H,23,28). The third-order valence-electron chi connectivity index (χ3n) is 4.24. The molecular weight excluding hydrogens is 399 g/mol. The fraction of sp³-hybridized carbons (Fsp3) is 0.588. The fourth-order valence-corrected chi connectivity index (χ4v) is 2.90. The number of aromatic nitrogens is 1. The molecule has 3 amide bonds. The van der Waals surface area contributed by atoms with Crippen molar-refractivity contribution in [1.29, 1.82) is 0 Å². The Bertz CT molecular complexity index is 707. The van der Waals surface area contributed by atoms with Crippen LogP contribution in [-0.4, -0.2) is 61.1 Å². The zero-order chi connectivity index (χ0) is 20.9. The molecule has 28 heavy (non-hydrogen) atoms. The number of urea groups is 1. The Morgan fingerprint density at radius 3 is 2.32 bits per heavy atom. The van der Waals surface area contributed by atoms with Crippen LogP contribution in [0.15, 0.2) is 12.3 Å². The van der Waals surface area contributed by atoms with E-state index in [1.165, 1.54) is 0 Å². The largest absolute Gasteiger partial charge is 0.417 e. The van der Waals surface area contributed by atoms with Gasteiger partial charge in [0.25, 0.3) is 0 Å². The van der Waals surface area contributed by atoms with Crippen LogP contribution in [0.25, 0.3) is 0 Å². The Balaban J connectivity index is 1.81. The molecule has 2 heterocycles. The Kier molecular flexibility index (Phi) is 7.34. The highest BCUT2D eigenvalue weighted by Crippen LogP contribution is 2.33. The van der Waals surface area contributed by atoms with E-state index < -0.39 is 11.7 Å². The molecule has 1 saturated heterocycles. The summed E-state index contributed by atoms with van der Waals surface area (Å²) in [6.45, 7) is 5.77. The van der Waals surface area contributed by atoms with Gasteiger partial charge in [-0.3, -0.25) is 4.79 Å². The normalized spacial score (nSPS) is 15.0. The average molecular weight is 422 g/mol. The van der Waals surface area contributed by atoms with Gasteiger partial charge in [0.1, 0.15) is 5.82 Å². The van der Waals surface area contributed by atoms with Crippen LogP contribution >= 0.6 is 11.6 Å². The van der Waals surface area contributed by atoms with Gasteiger partial charge in [-0.05, 0) is 6.07 Å². The molecule has 0 spiro atoms. The van der Waals surface area contributed by atoms with Crippen LogP contribution in [0.5, 0.6) is 0 Å². The third-order valence-corrected chi connectivity index (χ3v) is 4.52. The van der Waals surface area contributed by atoms with Crippen LogP contribution in [0, 0.1) is 5.92 Å². The summed E-state index contributed by atoms with van der Waals surface area (Å²) in [7, 11) is 0. The Labute approximate surface area is 166 Å². The first-order valence-electron chi connectivity index (χ1n) is 8.87. The Hall–Kier alpha value is -2.23. The second-order valence-corrected chi connectivity index (χ2v) is 7.09. The number of nitrogens with zero attached hydrogens (tertiary/aromatic N) is 3. The smallest absolute Gasteiger partial charge is 0.354 e. The molecule has 0 saturated carbocycles. The van der Waals surface area contributed by atoms with E-state index in [1.54, 1.807) is 23.6 Å². The van der Waals surface area contributed by atoms with Crippen molar-refractivity contribution in [3.8, 4) is 0 Å². The molecule has 0 bridgehead atoms. The molecular formula is C17H23ClF3N5O2. The van der Waals surface area contributed by atoms with Crippen LogP contribution in [0.2, 0.25) is 5.02 Å². The quantitative estimate of drug-likeness (QED) is 0.715. The first-order chi connectivity index (χ1) is 13.1. The van der Waals surface area contributed by atoms with Crippen molar-refractivity contribution in [2.75, 3.05) is 44.2 Å². The summed E-state index contributed by atoms with van der Waals surface area (Å²) >= 11 is 5.97. The van der Waals surface area contributed by atoms with E-state index in [0.29, 0.717) is 39.3 Å².